The van der Waals surface area contributed by atoms with E-state index in [1.54, 1.807) is 11.9 Å². The standard InChI is InChI=1S/C29H36N6O2/c1-8-26(36)34(7)25-14-22(10-9-20(25)4)27-24-13-21(18-37-19(2)3)15-30-29(24)32-28(27)23-16-31-35(17-23)12-11-33(5)6/h8-10,13-17,19H,1,11-12,18H2,2-7H3,(H,30,32). The van der Waals surface area contributed by atoms with Crippen molar-refractivity contribution in [2.75, 3.05) is 32.6 Å². The molecular formula is C29H36N6O2. The monoisotopic (exact) mass is 500 g/mol. The van der Waals surface area contributed by atoms with Gasteiger partial charge in [-0.25, -0.2) is 4.98 Å². The van der Waals surface area contributed by atoms with Crippen LogP contribution in [0.4, 0.5) is 5.69 Å². The number of aryl methyl sites for hydroxylation is 1. The van der Waals surface area contributed by atoms with Crippen molar-refractivity contribution in [3.8, 4) is 22.4 Å². The molecule has 0 bridgehead atoms. The molecule has 0 aliphatic carbocycles. The van der Waals surface area contributed by atoms with E-state index in [0.717, 1.165) is 63.3 Å². The SMILES string of the molecule is C=CC(=O)N(C)c1cc(-c2c(-c3cnn(CCN(C)C)c3)[nH]c3ncc(COC(C)C)cc23)ccc1C. The lowest BCUT2D eigenvalue weighted by Crippen LogP contribution is -2.24. The van der Waals surface area contributed by atoms with Gasteiger partial charge in [0.25, 0.3) is 0 Å². The Balaban J connectivity index is 1.87. The normalized spacial score (nSPS) is 11.6. The summed E-state index contributed by atoms with van der Waals surface area (Å²) < 4.78 is 7.80. The largest absolute Gasteiger partial charge is 0.374 e. The second-order valence-electron chi connectivity index (χ2n) is 9.87. The third kappa shape index (κ3) is 5.81. The summed E-state index contributed by atoms with van der Waals surface area (Å²) in [6.07, 6.45) is 7.25. The summed E-state index contributed by atoms with van der Waals surface area (Å²) in [7, 11) is 5.87. The van der Waals surface area contributed by atoms with Gasteiger partial charge in [0.1, 0.15) is 5.65 Å². The molecular weight excluding hydrogens is 464 g/mol. The van der Waals surface area contributed by atoms with E-state index >= 15 is 0 Å². The maximum atomic E-state index is 12.4. The lowest BCUT2D eigenvalue weighted by Gasteiger charge is -2.19. The predicted octanol–water partition coefficient (Wildman–Crippen LogP) is 5.04. The minimum Gasteiger partial charge on any atom is -0.374 e. The number of carbonyl (C=O) groups excluding carboxylic acids is 1. The number of pyridine rings is 1. The summed E-state index contributed by atoms with van der Waals surface area (Å²) in [6, 6.07) is 8.32. The lowest BCUT2D eigenvalue weighted by atomic mass is 9.97. The highest BCUT2D eigenvalue weighted by atomic mass is 16.5. The van der Waals surface area contributed by atoms with Crippen molar-refractivity contribution in [3.63, 3.8) is 0 Å². The van der Waals surface area contributed by atoms with Crippen LogP contribution in [0.3, 0.4) is 0 Å². The maximum Gasteiger partial charge on any atom is 0.250 e. The fourth-order valence-electron chi connectivity index (χ4n) is 4.27. The molecule has 0 saturated carbocycles. The van der Waals surface area contributed by atoms with Gasteiger partial charge >= 0.3 is 0 Å². The molecule has 0 spiro atoms. The highest BCUT2D eigenvalue weighted by molar-refractivity contribution is 6.05. The molecule has 4 aromatic rings. The fraction of sp³-hybridized carbons (Fsp3) is 0.345. The molecule has 0 fully saturated rings. The summed E-state index contributed by atoms with van der Waals surface area (Å²) in [6.45, 7) is 11.9. The van der Waals surface area contributed by atoms with E-state index in [1.807, 2.05) is 43.9 Å². The Bertz CT molecular complexity index is 1420. The average molecular weight is 501 g/mol. The number of carbonyl (C=O) groups is 1. The van der Waals surface area contributed by atoms with Gasteiger partial charge in [-0.3, -0.25) is 9.48 Å². The Kier molecular flexibility index (Phi) is 7.90. The zero-order valence-corrected chi connectivity index (χ0v) is 22.6. The van der Waals surface area contributed by atoms with Gasteiger partial charge in [-0.05, 0) is 69.8 Å². The van der Waals surface area contributed by atoms with Crippen LogP contribution in [0, 0.1) is 6.92 Å². The third-order valence-corrected chi connectivity index (χ3v) is 6.35. The van der Waals surface area contributed by atoms with E-state index in [-0.39, 0.29) is 12.0 Å². The Morgan fingerprint density at radius 3 is 2.68 bits per heavy atom. The van der Waals surface area contributed by atoms with Crippen LogP contribution in [0.2, 0.25) is 0 Å². The zero-order valence-electron chi connectivity index (χ0n) is 22.6. The molecule has 1 N–H and O–H groups in total. The number of aromatic amines is 1. The van der Waals surface area contributed by atoms with E-state index in [1.165, 1.54) is 6.08 Å². The molecule has 0 aliphatic heterocycles. The topological polar surface area (TPSA) is 79.3 Å². The summed E-state index contributed by atoms with van der Waals surface area (Å²) in [5.41, 5.74) is 7.53. The summed E-state index contributed by atoms with van der Waals surface area (Å²) in [5, 5.41) is 5.59. The Morgan fingerprint density at radius 1 is 1.19 bits per heavy atom. The van der Waals surface area contributed by atoms with Crippen LogP contribution >= 0.6 is 0 Å². The smallest absolute Gasteiger partial charge is 0.250 e. The molecule has 4 rings (SSSR count). The molecule has 1 aromatic carbocycles. The van der Waals surface area contributed by atoms with Crippen molar-refractivity contribution < 1.29 is 9.53 Å². The quantitative estimate of drug-likeness (QED) is 0.309. The van der Waals surface area contributed by atoms with Crippen molar-refractivity contribution in [2.45, 2.75) is 40.0 Å². The summed E-state index contributed by atoms with van der Waals surface area (Å²) in [5.74, 6) is -0.156. The molecule has 3 aromatic heterocycles. The zero-order chi connectivity index (χ0) is 26.7. The maximum absolute atomic E-state index is 12.4. The molecule has 1 amide bonds. The second-order valence-corrected chi connectivity index (χ2v) is 9.87. The van der Waals surface area contributed by atoms with Gasteiger partial charge in [0, 0.05) is 48.2 Å². The highest BCUT2D eigenvalue weighted by Crippen LogP contribution is 2.40. The van der Waals surface area contributed by atoms with Crippen molar-refractivity contribution in [1.82, 2.24) is 24.6 Å². The molecule has 8 heteroatoms. The van der Waals surface area contributed by atoms with Crippen LogP contribution in [0.15, 0.2) is 55.5 Å². The number of benzene rings is 1. The number of hydrogen-bond donors (Lipinski definition) is 1. The number of nitrogens with zero attached hydrogens (tertiary/aromatic N) is 5. The van der Waals surface area contributed by atoms with Crippen LogP contribution in [0.25, 0.3) is 33.4 Å². The minimum atomic E-state index is -0.156. The van der Waals surface area contributed by atoms with Crippen molar-refractivity contribution in [1.29, 1.82) is 0 Å². The van der Waals surface area contributed by atoms with Crippen molar-refractivity contribution in [2.24, 2.45) is 0 Å². The number of hydrogen-bond acceptors (Lipinski definition) is 5. The first-order valence-electron chi connectivity index (χ1n) is 12.5. The number of H-pyrrole nitrogens is 1. The van der Waals surface area contributed by atoms with Gasteiger partial charge in [0.2, 0.25) is 5.91 Å². The Hall–Kier alpha value is -3.75. The van der Waals surface area contributed by atoms with Gasteiger partial charge in [0.05, 0.1) is 31.1 Å². The number of amides is 1. The van der Waals surface area contributed by atoms with E-state index < -0.39 is 0 Å². The molecule has 0 atom stereocenters. The van der Waals surface area contributed by atoms with Gasteiger partial charge in [0.15, 0.2) is 0 Å². The van der Waals surface area contributed by atoms with Crippen LogP contribution in [-0.4, -0.2) is 64.3 Å². The van der Waals surface area contributed by atoms with E-state index in [2.05, 4.69) is 60.1 Å². The number of anilines is 1. The average Bonchev–Trinajstić information content (AvgIpc) is 3.50. The molecule has 0 radical (unpaired) electrons. The molecule has 37 heavy (non-hydrogen) atoms. The minimum absolute atomic E-state index is 0.127. The fourth-order valence-corrected chi connectivity index (χ4v) is 4.27. The molecule has 3 heterocycles. The van der Waals surface area contributed by atoms with Crippen molar-refractivity contribution in [3.05, 3.63) is 66.6 Å². The first-order valence-corrected chi connectivity index (χ1v) is 12.5. The molecule has 8 nitrogen and oxygen atoms in total. The molecule has 0 saturated heterocycles. The number of fused-ring (bicyclic) bond motifs is 1. The summed E-state index contributed by atoms with van der Waals surface area (Å²) in [4.78, 5) is 24.4. The number of nitrogens with one attached hydrogen (secondary N) is 1. The van der Waals surface area contributed by atoms with Crippen LogP contribution in [-0.2, 0) is 22.7 Å². The van der Waals surface area contributed by atoms with E-state index in [0.29, 0.717) is 6.61 Å². The lowest BCUT2D eigenvalue weighted by molar-refractivity contribution is -0.113. The highest BCUT2D eigenvalue weighted by Gasteiger charge is 2.20. The van der Waals surface area contributed by atoms with Crippen molar-refractivity contribution >= 4 is 22.6 Å². The second kappa shape index (κ2) is 11.1. The Morgan fingerprint density at radius 2 is 1.97 bits per heavy atom. The van der Waals surface area contributed by atoms with Crippen LogP contribution in [0.1, 0.15) is 25.0 Å². The summed E-state index contributed by atoms with van der Waals surface area (Å²) >= 11 is 0. The first kappa shape index (κ1) is 26.3. The first-order chi connectivity index (χ1) is 17.7. The number of aromatic nitrogens is 4. The van der Waals surface area contributed by atoms with Crippen LogP contribution in [0.5, 0.6) is 0 Å². The van der Waals surface area contributed by atoms with E-state index in [4.69, 9.17) is 9.72 Å². The van der Waals surface area contributed by atoms with E-state index in [9.17, 15) is 4.79 Å². The van der Waals surface area contributed by atoms with Gasteiger partial charge in [-0.15, -0.1) is 0 Å². The molecule has 0 unspecified atom stereocenters. The van der Waals surface area contributed by atoms with Gasteiger partial charge in [-0.1, -0.05) is 18.7 Å². The molecule has 194 valence electrons. The van der Waals surface area contributed by atoms with Crippen LogP contribution < -0.4 is 4.90 Å². The number of rotatable bonds is 10. The predicted molar refractivity (Wildman–Crippen MR) is 150 cm³/mol. The van der Waals surface area contributed by atoms with Gasteiger partial charge in [-0.2, -0.15) is 5.10 Å². The number of likely N-dealkylation sites (N-methyl/N-ethyl adjacent to an activating group) is 2. The number of ether oxygens (including phenoxy) is 1. The third-order valence-electron chi connectivity index (χ3n) is 6.35. The molecule has 0 aliphatic rings. The van der Waals surface area contributed by atoms with Gasteiger partial charge < -0.3 is 19.5 Å². The Labute approximate surface area is 218 Å².